The second-order valence-electron chi connectivity index (χ2n) is 3.75. The number of rotatable bonds is 3. The maximum absolute atomic E-state index is 13.7. The number of aliphatic hydroxyl groups excluding tert-OH is 1. The summed E-state index contributed by atoms with van der Waals surface area (Å²) in [4.78, 5) is 11.4. The van der Waals surface area contributed by atoms with Crippen LogP contribution in [0.5, 0.6) is 5.75 Å². The van der Waals surface area contributed by atoms with Gasteiger partial charge in [0, 0.05) is 11.1 Å². The van der Waals surface area contributed by atoms with E-state index in [-0.39, 0.29) is 25.6 Å². The van der Waals surface area contributed by atoms with Crippen molar-refractivity contribution in [3.8, 4) is 5.75 Å². The van der Waals surface area contributed by atoms with E-state index in [9.17, 15) is 14.3 Å². The predicted octanol–water partition coefficient (Wildman–Crippen LogP) is 1.29. The molecule has 6 heteroatoms. The van der Waals surface area contributed by atoms with Crippen LogP contribution in [0.3, 0.4) is 0 Å². The summed E-state index contributed by atoms with van der Waals surface area (Å²) in [5, 5.41) is 9.70. The summed E-state index contributed by atoms with van der Waals surface area (Å²) < 4.78 is 28.5. The first-order valence-corrected chi connectivity index (χ1v) is 5.51. The van der Waals surface area contributed by atoms with Crippen LogP contribution in [0, 0.1) is 5.82 Å². The fourth-order valence-corrected chi connectivity index (χ4v) is 1.67. The van der Waals surface area contributed by atoms with Crippen LogP contribution in [-0.2, 0) is 20.9 Å². The summed E-state index contributed by atoms with van der Waals surface area (Å²) in [5.41, 5.74) is 0.382. The first-order valence-electron chi connectivity index (χ1n) is 5.51. The molecule has 1 aliphatic heterocycles. The van der Waals surface area contributed by atoms with E-state index in [0.29, 0.717) is 11.3 Å². The Morgan fingerprint density at radius 2 is 2.39 bits per heavy atom. The average Bonchev–Trinajstić information content (AvgIpc) is 2.37. The molecule has 0 aliphatic carbocycles. The molecule has 0 fully saturated rings. The Bertz CT molecular complexity index is 460. The fraction of sp³-hybridized carbons (Fsp3) is 0.417. The van der Waals surface area contributed by atoms with Gasteiger partial charge in [-0.05, 0) is 19.1 Å². The van der Waals surface area contributed by atoms with Crippen LogP contribution in [0.15, 0.2) is 12.1 Å². The molecule has 0 saturated heterocycles. The zero-order valence-corrected chi connectivity index (χ0v) is 9.81. The highest BCUT2D eigenvalue weighted by molar-refractivity contribution is 5.76. The van der Waals surface area contributed by atoms with Crippen molar-refractivity contribution in [3.05, 3.63) is 29.1 Å². The molecule has 1 N–H and O–H groups in total. The Balaban J connectivity index is 2.30. The monoisotopic (exact) mass is 256 g/mol. The largest absolute Gasteiger partial charge is 0.467 e. The van der Waals surface area contributed by atoms with E-state index in [1.54, 1.807) is 6.92 Å². The molecular weight excluding hydrogens is 243 g/mol. The lowest BCUT2D eigenvalue weighted by Crippen LogP contribution is -2.18. The first-order chi connectivity index (χ1) is 8.63. The molecule has 1 unspecified atom stereocenters. The third kappa shape index (κ3) is 2.44. The number of fused-ring (bicyclic) bond motifs is 1. The smallest absolute Gasteiger partial charge is 0.339 e. The molecule has 0 amide bonds. The highest BCUT2D eigenvalue weighted by Crippen LogP contribution is 2.30. The molecule has 2 rings (SSSR count). The minimum atomic E-state index is -1.65. The summed E-state index contributed by atoms with van der Waals surface area (Å²) in [6.07, 6.45) is -1.65. The van der Waals surface area contributed by atoms with Gasteiger partial charge in [0.05, 0.1) is 13.2 Å². The molecule has 1 aliphatic rings. The topological polar surface area (TPSA) is 65.0 Å². The van der Waals surface area contributed by atoms with Crippen LogP contribution in [0.4, 0.5) is 4.39 Å². The maximum atomic E-state index is 13.7. The molecule has 98 valence electrons. The van der Waals surface area contributed by atoms with Crippen LogP contribution >= 0.6 is 0 Å². The van der Waals surface area contributed by atoms with Crippen molar-refractivity contribution >= 4 is 5.97 Å². The lowest BCUT2D eigenvalue weighted by Gasteiger charge is -2.20. The van der Waals surface area contributed by atoms with E-state index in [1.807, 2.05) is 0 Å². The van der Waals surface area contributed by atoms with Gasteiger partial charge in [-0.2, -0.15) is 0 Å². The van der Waals surface area contributed by atoms with Crippen LogP contribution in [0.2, 0.25) is 0 Å². The van der Waals surface area contributed by atoms with Gasteiger partial charge in [-0.15, -0.1) is 0 Å². The van der Waals surface area contributed by atoms with E-state index in [4.69, 9.17) is 9.47 Å². The van der Waals surface area contributed by atoms with Crippen molar-refractivity contribution in [1.29, 1.82) is 0 Å². The number of ether oxygens (including phenoxy) is 3. The predicted molar refractivity (Wildman–Crippen MR) is 58.3 cm³/mol. The Morgan fingerprint density at radius 1 is 1.61 bits per heavy atom. The third-order valence-electron chi connectivity index (χ3n) is 2.54. The molecule has 0 bridgehead atoms. The van der Waals surface area contributed by atoms with Gasteiger partial charge in [0.15, 0.2) is 12.9 Å². The molecule has 1 aromatic carbocycles. The molecule has 0 saturated carbocycles. The molecule has 0 spiro atoms. The Kier molecular flexibility index (Phi) is 3.78. The quantitative estimate of drug-likeness (QED) is 0.825. The lowest BCUT2D eigenvalue weighted by atomic mass is 10.0. The minimum absolute atomic E-state index is 0.0631. The zero-order chi connectivity index (χ0) is 13.1. The summed E-state index contributed by atoms with van der Waals surface area (Å²) >= 11 is 0. The van der Waals surface area contributed by atoms with E-state index in [0.717, 1.165) is 0 Å². The number of aliphatic hydroxyl groups is 1. The summed E-state index contributed by atoms with van der Waals surface area (Å²) in [7, 11) is 0. The molecule has 0 radical (unpaired) electrons. The number of benzene rings is 1. The van der Waals surface area contributed by atoms with Crippen molar-refractivity contribution in [2.24, 2.45) is 0 Å². The van der Waals surface area contributed by atoms with E-state index >= 15 is 0 Å². The second-order valence-corrected chi connectivity index (χ2v) is 3.75. The van der Waals surface area contributed by atoms with Crippen LogP contribution in [0.25, 0.3) is 0 Å². The summed E-state index contributed by atoms with van der Waals surface area (Å²) in [5.74, 6) is -1.17. The van der Waals surface area contributed by atoms with Crippen LogP contribution < -0.4 is 4.74 Å². The van der Waals surface area contributed by atoms with Gasteiger partial charge in [-0.3, -0.25) is 0 Å². The first kappa shape index (κ1) is 12.8. The van der Waals surface area contributed by atoms with E-state index in [1.165, 1.54) is 12.1 Å². The van der Waals surface area contributed by atoms with Gasteiger partial charge >= 0.3 is 5.97 Å². The fourth-order valence-electron chi connectivity index (χ4n) is 1.67. The van der Waals surface area contributed by atoms with Crippen molar-refractivity contribution in [2.45, 2.75) is 19.6 Å². The summed E-state index contributed by atoms with van der Waals surface area (Å²) in [6.45, 7) is 2.02. The van der Waals surface area contributed by atoms with Gasteiger partial charge in [0.1, 0.15) is 11.6 Å². The molecule has 18 heavy (non-hydrogen) atoms. The Morgan fingerprint density at radius 3 is 3.11 bits per heavy atom. The number of hydrogen-bond acceptors (Lipinski definition) is 5. The maximum Gasteiger partial charge on any atom is 0.339 e. The number of esters is 1. The highest BCUT2D eigenvalue weighted by atomic mass is 19.1. The average molecular weight is 256 g/mol. The van der Waals surface area contributed by atoms with E-state index < -0.39 is 17.9 Å². The van der Waals surface area contributed by atoms with E-state index in [2.05, 4.69) is 4.74 Å². The van der Waals surface area contributed by atoms with Crippen molar-refractivity contribution < 1.29 is 28.5 Å². The number of carbonyl (C=O) groups excluding carboxylic acids is 1. The van der Waals surface area contributed by atoms with Crippen molar-refractivity contribution in [3.63, 3.8) is 0 Å². The van der Waals surface area contributed by atoms with Gasteiger partial charge in [-0.1, -0.05) is 0 Å². The number of halogens is 1. The molecular formula is C12H13FO5. The number of carbonyl (C=O) groups is 1. The van der Waals surface area contributed by atoms with Crippen molar-refractivity contribution in [1.82, 2.24) is 0 Å². The zero-order valence-electron chi connectivity index (χ0n) is 9.81. The van der Waals surface area contributed by atoms with Gasteiger partial charge in [0.2, 0.25) is 0 Å². The van der Waals surface area contributed by atoms with Crippen LogP contribution in [0.1, 0.15) is 24.2 Å². The van der Waals surface area contributed by atoms with Gasteiger partial charge in [-0.25, -0.2) is 9.18 Å². The Labute approximate surface area is 103 Å². The second kappa shape index (κ2) is 5.32. The minimum Gasteiger partial charge on any atom is -0.467 e. The SMILES string of the molecule is CCOC(=O)C(O)c1cc2c(cc1F)COCO2. The van der Waals surface area contributed by atoms with Gasteiger partial charge < -0.3 is 19.3 Å². The summed E-state index contributed by atoms with van der Waals surface area (Å²) in [6, 6.07) is 2.49. The standard InChI is InChI=1S/C12H13FO5/c1-2-17-12(15)11(14)8-4-10-7(3-9(8)13)5-16-6-18-10/h3-4,11,14H,2,5-6H2,1H3. The molecule has 5 nitrogen and oxygen atoms in total. The van der Waals surface area contributed by atoms with Crippen molar-refractivity contribution in [2.75, 3.05) is 13.4 Å². The molecule has 1 aromatic rings. The highest BCUT2D eigenvalue weighted by Gasteiger charge is 2.25. The van der Waals surface area contributed by atoms with Crippen LogP contribution in [-0.4, -0.2) is 24.5 Å². The molecule has 0 aromatic heterocycles. The normalized spacial score (nSPS) is 15.5. The Hall–Kier alpha value is -1.66. The molecule has 1 atom stereocenters. The third-order valence-corrected chi connectivity index (χ3v) is 2.54. The molecule has 1 heterocycles. The lowest BCUT2D eigenvalue weighted by molar-refractivity contribution is -0.153. The number of hydrogen-bond donors (Lipinski definition) is 1. The van der Waals surface area contributed by atoms with Gasteiger partial charge in [0.25, 0.3) is 0 Å².